The van der Waals surface area contributed by atoms with Crippen LogP contribution in [0.2, 0.25) is 0 Å². The molecule has 0 atom stereocenters. The van der Waals surface area contributed by atoms with Crippen LogP contribution in [0.25, 0.3) is 0 Å². The molecule has 0 bridgehead atoms. The van der Waals surface area contributed by atoms with Crippen molar-refractivity contribution >= 4 is 5.69 Å². The molecule has 17 heavy (non-hydrogen) atoms. The van der Waals surface area contributed by atoms with Gasteiger partial charge in [0, 0.05) is 13.6 Å². The SMILES string of the molecule is CCCn1nc(C)c(N)c1Oc1cnn(C)c1. The highest BCUT2D eigenvalue weighted by molar-refractivity contribution is 5.53. The average molecular weight is 235 g/mol. The summed E-state index contributed by atoms with van der Waals surface area (Å²) in [5.41, 5.74) is 7.33. The molecule has 0 fully saturated rings. The van der Waals surface area contributed by atoms with Gasteiger partial charge in [-0.2, -0.15) is 10.2 Å². The van der Waals surface area contributed by atoms with Gasteiger partial charge < -0.3 is 10.5 Å². The molecule has 0 aromatic carbocycles. The van der Waals surface area contributed by atoms with Gasteiger partial charge in [0.25, 0.3) is 0 Å². The van der Waals surface area contributed by atoms with Gasteiger partial charge in [0.1, 0.15) is 5.69 Å². The lowest BCUT2D eigenvalue weighted by Crippen LogP contribution is -2.02. The van der Waals surface area contributed by atoms with E-state index in [1.807, 2.05) is 14.0 Å². The normalized spacial score (nSPS) is 10.8. The van der Waals surface area contributed by atoms with Crippen LogP contribution in [-0.4, -0.2) is 19.6 Å². The lowest BCUT2D eigenvalue weighted by molar-refractivity contribution is 0.410. The van der Waals surface area contributed by atoms with E-state index >= 15 is 0 Å². The minimum absolute atomic E-state index is 0.585. The summed E-state index contributed by atoms with van der Waals surface area (Å²) >= 11 is 0. The highest BCUT2D eigenvalue weighted by Gasteiger charge is 2.14. The first-order valence-electron chi connectivity index (χ1n) is 5.61. The van der Waals surface area contributed by atoms with E-state index in [1.54, 1.807) is 21.8 Å². The molecule has 2 rings (SSSR count). The molecule has 0 aliphatic carbocycles. The van der Waals surface area contributed by atoms with Crippen molar-refractivity contribution < 1.29 is 4.74 Å². The summed E-state index contributed by atoms with van der Waals surface area (Å²) in [6.07, 6.45) is 4.42. The minimum atomic E-state index is 0.585. The number of nitrogens with zero attached hydrogens (tertiary/aromatic N) is 4. The van der Waals surface area contributed by atoms with Crippen LogP contribution < -0.4 is 10.5 Å². The standard InChI is InChI=1S/C11H17N5O/c1-4-5-16-11(10(12)8(2)14-16)17-9-6-13-15(3)7-9/h6-7H,4-5,12H2,1-3H3. The Hall–Kier alpha value is -1.98. The third-order valence-corrected chi connectivity index (χ3v) is 2.46. The van der Waals surface area contributed by atoms with E-state index in [2.05, 4.69) is 17.1 Å². The third kappa shape index (κ3) is 2.25. The van der Waals surface area contributed by atoms with Crippen molar-refractivity contribution in [3.8, 4) is 11.6 Å². The molecule has 0 unspecified atom stereocenters. The number of nitrogens with two attached hydrogens (primary N) is 1. The van der Waals surface area contributed by atoms with Crippen molar-refractivity contribution in [2.24, 2.45) is 7.05 Å². The zero-order chi connectivity index (χ0) is 12.4. The summed E-state index contributed by atoms with van der Waals surface area (Å²) in [5, 5.41) is 8.39. The molecular weight excluding hydrogens is 218 g/mol. The largest absolute Gasteiger partial charge is 0.434 e. The maximum atomic E-state index is 5.95. The molecule has 0 radical (unpaired) electrons. The number of aryl methyl sites for hydroxylation is 3. The van der Waals surface area contributed by atoms with E-state index in [1.165, 1.54) is 0 Å². The quantitative estimate of drug-likeness (QED) is 0.875. The van der Waals surface area contributed by atoms with Gasteiger partial charge >= 0.3 is 0 Å². The Morgan fingerprint density at radius 3 is 2.82 bits per heavy atom. The zero-order valence-corrected chi connectivity index (χ0v) is 10.3. The van der Waals surface area contributed by atoms with Crippen LogP contribution in [0, 0.1) is 6.92 Å². The Morgan fingerprint density at radius 1 is 1.47 bits per heavy atom. The molecule has 2 N–H and O–H groups in total. The Bertz CT molecular complexity index is 514. The van der Waals surface area contributed by atoms with E-state index in [0.717, 1.165) is 18.7 Å². The van der Waals surface area contributed by atoms with E-state index in [-0.39, 0.29) is 0 Å². The van der Waals surface area contributed by atoms with E-state index < -0.39 is 0 Å². The van der Waals surface area contributed by atoms with Gasteiger partial charge in [0.15, 0.2) is 5.75 Å². The monoisotopic (exact) mass is 235 g/mol. The molecule has 92 valence electrons. The van der Waals surface area contributed by atoms with Crippen molar-refractivity contribution in [3.63, 3.8) is 0 Å². The second-order valence-electron chi connectivity index (χ2n) is 3.98. The first-order valence-corrected chi connectivity index (χ1v) is 5.61. The van der Waals surface area contributed by atoms with Crippen LogP contribution in [0.1, 0.15) is 19.0 Å². The van der Waals surface area contributed by atoms with Gasteiger partial charge in [0.05, 0.1) is 18.1 Å². The van der Waals surface area contributed by atoms with Crippen LogP contribution in [0.4, 0.5) is 5.69 Å². The summed E-state index contributed by atoms with van der Waals surface area (Å²) in [6.45, 7) is 4.74. The molecule has 2 aromatic heterocycles. The molecule has 0 aliphatic rings. The number of hydrogen-bond donors (Lipinski definition) is 1. The topological polar surface area (TPSA) is 70.9 Å². The Morgan fingerprint density at radius 2 is 2.24 bits per heavy atom. The smallest absolute Gasteiger partial charge is 0.241 e. The second kappa shape index (κ2) is 4.48. The van der Waals surface area contributed by atoms with Crippen molar-refractivity contribution in [3.05, 3.63) is 18.1 Å². The predicted molar refractivity (Wildman–Crippen MR) is 64.9 cm³/mol. The number of ether oxygens (including phenoxy) is 1. The maximum absolute atomic E-state index is 5.95. The Kier molecular flexibility index (Phi) is 3.03. The van der Waals surface area contributed by atoms with E-state index in [9.17, 15) is 0 Å². The van der Waals surface area contributed by atoms with Gasteiger partial charge in [0.2, 0.25) is 5.88 Å². The fourth-order valence-corrected chi connectivity index (χ4v) is 1.61. The van der Waals surface area contributed by atoms with Crippen LogP contribution in [-0.2, 0) is 13.6 Å². The zero-order valence-electron chi connectivity index (χ0n) is 10.3. The molecule has 6 heteroatoms. The third-order valence-electron chi connectivity index (χ3n) is 2.46. The van der Waals surface area contributed by atoms with Gasteiger partial charge in [-0.3, -0.25) is 4.68 Å². The second-order valence-corrected chi connectivity index (χ2v) is 3.98. The van der Waals surface area contributed by atoms with Gasteiger partial charge in [-0.25, -0.2) is 4.68 Å². The molecule has 0 saturated carbocycles. The molecule has 0 saturated heterocycles. The number of aromatic nitrogens is 4. The fourth-order valence-electron chi connectivity index (χ4n) is 1.61. The number of nitrogen functional groups attached to an aromatic ring is 1. The fraction of sp³-hybridized carbons (Fsp3) is 0.455. The van der Waals surface area contributed by atoms with Crippen LogP contribution in [0.3, 0.4) is 0 Å². The van der Waals surface area contributed by atoms with Gasteiger partial charge in [-0.15, -0.1) is 0 Å². The highest BCUT2D eigenvalue weighted by atomic mass is 16.5. The van der Waals surface area contributed by atoms with Crippen LogP contribution in [0.15, 0.2) is 12.4 Å². The van der Waals surface area contributed by atoms with Gasteiger partial charge in [-0.05, 0) is 13.3 Å². The Labute approximate surface area is 100.0 Å². The molecule has 6 nitrogen and oxygen atoms in total. The predicted octanol–water partition coefficient (Wildman–Crippen LogP) is 1.71. The average Bonchev–Trinajstić information content (AvgIpc) is 2.79. The molecule has 2 heterocycles. The molecule has 0 amide bonds. The van der Waals surface area contributed by atoms with Gasteiger partial charge in [-0.1, -0.05) is 6.92 Å². The molecule has 0 spiro atoms. The minimum Gasteiger partial charge on any atom is -0.434 e. The van der Waals surface area contributed by atoms with Crippen molar-refractivity contribution in [2.75, 3.05) is 5.73 Å². The molecule has 2 aromatic rings. The van der Waals surface area contributed by atoms with Crippen LogP contribution in [0.5, 0.6) is 11.6 Å². The molecule has 0 aliphatic heterocycles. The number of anilines is 1. The summed E-state index contributed by atoms with van der Waals surface area (Å²) in [5.74, 6) is 1.26. The first kappa shape index (κ1) is 11.5. The summed E-state index contributed by atoms with van der Waals surface area (Å²) < 4.78 is 9.20. The van der Waals surface area contributed by atoms with Crippen LogP contribution >= 0.6 is 0 Å². The lowest BCUT2D eigenvalue weighted by Gasteiger charge is -2.06. The molecular formula is C11H17N5O. The summed E-state index contributed by atoms with van der Waals surface area (Å²) in [7, 11) is 1.84. The summed E-state index contributed by atoms with van der Waals surface area (Å²) in [4.78, 5) is 0. The van der Waals surface area contributed by atoms with E-state index in [0.29, 0.717) is 17.3 Å². The van der Waals surface area contributed by atoms with E-state index in [4.69, 9.17) is 10.5 Å². The van der Waals surface area contributed by atoms with Crippen molar-refractivity contribution in [1.29, 1.82) is 0 Å². The first-order chi connectivity index (χ1) is 8.11. The lowest BCUT2D eigenvalue weighted by atomic mass is 10.4. The Balaban J connectivity index is 2.30. The number of hydrogen-bond acceptors (Lipinski definition) is 4. The van der Waals surface area contributed by atoms with Crippen molar-refractivity contribution in [2.45, 2.75) is 26.8 Å². The summed E-state index contributed by atoms with van der Waals surface area (Å²) in [6, 6.07) is 0. The maximum Gasteiger partial charge on any atom is 0.241 e. The van der Waals surface area contributed by atoms with Crippen molar-refractivity contribution in [1.82, 2.24) is 19.6 Å². The highest BCUT2D eigenvalue weighted by Crippen LogP contribution is 2.29. The number of rotatable bonds is 4.